The molecule has 1 aliphatic rings. The highest BCUT2D eigenvalue weighted by atomic mass is 16.5. The Labute approximate surface area is 148 Å². The summed E-state index contributed by atoms with van der Waals surface area (Å²) in [5.74, 6) is 1.67. The van der Waals surface area contributed by atoms with Crippen LogP contribution in [0.3, 0.4) is 0 Å². The summed E-state index contributed by atoms with van der Waals surface area (Å²) in [6.45, 7) is 5.78. The number of ether oxygens (including phenoxy) is 1. The second-order valence-electron chi connectivity index (χ2n) is 6.97. The predicted molar refractivity (Wildman–Crippen MR) is 104 cm³/mol. The van der Waals surface area contributed by atoms with Gasteiger partial charge in [-0.05, 0) is 67.9 Å². The van der Waals surface area contributed by atoms with Crippen molar-refractivity contribution in [3.63, 3.8) is 0 Å². The summed E-state index contributed by atoms with van der Waals surface area (Å²) in [5, 5.41) is 0. The van der Waals surface area contributed by atoms with Crippen LogP contribution in [0.1, 0.15) is 75.8 Å². The molecular weight excluding hydrogens is 292 g/mol. The van der Waals surface area contributed by atoms with E-state index >= 15 is 0 Å². The van der Waals surface area contributed by atoms with Gasteiger partial charge in [-0.3, -0.25) is 0 Å². The monoisotopic (exact) mass is 326 g/mol. The molecule has 1 aliphatic carbocycles. The first kappa shape index (κ1) is 19.0. The van der Waals surface area contributed by atoms with E-state index < -0.39 is 0 Å². The van der Waals surface area contributed by atoms with E-state index in [0.717, 1.165) is 18.3 Å². The first-order chi connectivity index (χ1) is 11.8. The maximum Gasteiger partial charge on any atom is 0.0721 e. The van der Waals surface area contributed by atoms with Gasteiger partial charge in [0.15, 0.2) is 0 Å². The van der Waals surface area contributed by atoms with Crippen molar-refractivity contribution in [3.05, 3.63) is 59.7 Å². The average molecular weight is 327 g/mol. The van der Waals surface area contributed by atoms with E-state index in [2.05, 4.69) is 62.4 Å². The second-order valence-corrected chi connectivity index (χ2v) is 6.97. The normalized spacial score (nSPS) is 21.8. The number of rotatable bonds is 9. The Morgan fingerprint density at radius 1 is 0.875 bits per heavy atom. The van der Waals surface area contributed by atoms with Crippen molar-refractivity contribution in [1.82, 2.24) is 0 Å². The van der Waals surface area contributed by atoms with Gasteiger partial charge in [0.25, 0.3) is 0 Å². The first-order valence-electron chi connectivity index (χ1n) is 9.80. The lowest BCUT2D eigenvalue weighted by Gasteiger charge is -2.28. The van der Waals surface area contributed by atoms with E-state index in [4.69, 9.17) is 4.74 Å². The molecule has 132 valence electrons. The quantitative estimate of drug-likeness (QED) is 0.358. The molecule has 0 radical (unpaired) electrons. The Balaban J connectivity index is 1.73. The highest BCUT2D eigenvalue weighted by molar-refractivity contribution is 5.25. The molecule has 0 amide bonds. The lowest BCUT2D eigenvalue weighted by atomic mass is 9.77. The summed E-state index contributed by atoms with van der Waals surface area (Å²) in [7, 11) is 0. The number of benzene rings is 1. The summed E-state index contributed by atoms with van der Waals surface area (Å²) >= 11 is 0. The van der Waals surface area contributed by atoms with E-state index in [9.17, 15) is 0 Å². The summed E-state index contributed by atoms with van der Waals surface area (Å²) in [6, 6.07) is 9.13. The van der Waals surface area contributed by atoms with Gasteiger partial charge in [-0.15, -0.1) is 0 Å². The van der Waals surface area contributed by atoms with Crippen LogP contribution < -0.4 is 0 Å². The Kier molecular flexibility index (Phi) is 8.91. The first-order valence-corrected chi connectivity index (χ1v) is 9.80. The third kappa shape index (κ3) is 6.65. The van der Waals surface area contributed by atoms with Crippen molar-refractivity contribution in [3.8, 4) is 0 Å². The number of allylic oxidation sites excluding steroid dienone is 3. The molecule has 1 saturated carbocycles. The molecule has 0 aromatic heterocycles. The van der Waals surface area contributed by atoms with Gasteiger partial charge >= 0.3 is 0 Å². The number of hydrogen-bond acceptors (Lipinski definition) is 1. The summed E-state index contributed by atoms with van der Waals surface area (Å²) in [5.41, 5.74) is 2.80. The molecule has 2 rings (SSSR count). The smallest absolute Gasteiger partial charge is 0.0721 e. The Bertz CT molecular complexity index is 489. The Morgan fingerprint density at radius 3 is 2.21 bits per heavy atom. The highest BCUT2D eigenvalue weighted by Gasteiger charge is 2.21. The molecule has 0 spiro atoms. The van der Waals surface area contributed by atoms with Crippen molar-refractivity contribution in [1.29, 1.82) is 0 Å². The lowest BCUT2D eigenvalue weighted by molar-refractivity contribution is 0.148. The van der Waals surface area contributed by atoms with Crippen LogP contribution in [-0.2, 0) is 11.3 Å². The van der Waals surface area contributed by atoms with Gasteiger partial charge in [0.2, 0.25) is 0 Å². The van der Waals surface area contributed by atoms with Gasteiger partial charge in [-0.2, -0.15) is 0 Å². The maximum atomic E-state index is 5.67. The predicted octanol–water partition coefficient (Wildman–Crippen LogP) is 6.80. The molecule has 1 aromatic rings. The molecule has 0 saturated heterocycles. The van der Waals surface area contributed by atoms with Crippen molar-refractivity contribution in [2.24, 2.45) is 5.92 Å². The fourth-order valence-electron chi connectivity index (χ4n) is 3.55. The molecular formula is C23H34O. The van der Waals surface area contributed by atoms with Crippen molar-refractivity contribution >= 4 is 0 Å². The molecule has 1 fully saturated rings. The van der Waals surface area contributed by atoms with Gasteiger partial charge in [-0.1, -0.05) is 62.4 Å². The van der Waals surface area contributed by atoms with E-state index in [0.29, 0.717) is 13.2 Å². The van der Waals surface area contributed by atoms with Crippen LogP contribution in [0.4, 0.5) is 0 Å². The van der Waals surface area contributed by atoms with E-state index in [1.54, 1.807) is 0 Å². The van der Waals surface area contributed by atoms with Crippen LogP contribution in [0.2, 0.25) is 0 Å². The van der Waals surface area contributed by atoms with E-state index in [-0.39, 0.29) is 0 Å². The van der Waals surface area contributed by atoms with Gasteiger partial charge in [0, 0.05) is 0 Å². The molecule has 0 heterocycles. The third-order valence-electron chi connectivity index (χ3n) is 5.05. The molecule has 1 aromatic carbocycles. The molecule has 0 N–H and O–H groups in total. The van der Waals surface area contributed by atoms with Crippen LogP contribution >= 0.6 is 0 Å². The van der Waals surface area contributed by atoms with Crippen molar-refractivity contribution in [2.45, 2.75) is 71.3 Å². The van der Waals surface area contributed by atoms with E-state index in [1.807, 2.05) is 0 Å². The van der Waals surface area contributed by atoms with E-state index in [1.165, 1.54) is 49.7 Å². The minimum atomic E-state index is 0.713. The Hall–Kier alpha value is -1.34. The minimum Gasteiger partial charge on any atom is -0.373 e. The Morgan fingerprint density at radius 2 is 1.54 bits per heavy atom. The average Bonchev–Trinajstić information content (AvgIpc) is 2.63. The largest absolute Gasteiger partial charge is 0.373 e. The topological polar surface area (TPSA) is 9.23 Å². The van der Waals surface area contributed by atoms with Crippen LogP contribution in [0, 0.1) is 5.92 Å². The van der Waals surface area contributed by atoms with Gasteiger partial charge in [0.05, 0.1) is 13.2 Å². The van der Waals surface area contributed by atoms with Crippen LogP contribution in [-0.4, -0.2) is 6.61 Å². The second kappa shape index (κ2) is 11.3. The van der Waals surface area contributed by atoms with Crippen LogP contribution in [0.5, 0.6) is 0 Å². The lowest BCUT2D eigenvalue weighted by Crippen LogP contribution is -2.12. The number of hydrogen-bond donors (Lipinski definition) is 0. The fourth-order valence-corrected chi connectivity index (χ4v) is 3.55. The summed E-state index contributed by atoms with van der Waals surface area (Å²) in [4.78, 5) is 0. The molecule has 1 heteroatoms. The third-order valence-corrected chi connectivity index (χ3v) is 5.05. The molecule has 24 heavy (non-hydrogen) atoms. The standard InChI is InChI=1S/C23H34O/c1-3-5-7-9-20-10-14-22(15-11-20)23-16-12-21(13-17-23)19-24-18-8-6-4-2/h5-8,12-13,16-17,20,22H,3-4,9-11,14-15,18-19H2,1-2H3/t20-,22-. The zero-order valence-electron chi connectivity index (χ0n) is 15.5. The van der Waals surface area contributed by atoms with Crippen molar-refractivity contribution in [2.75, 3.05) is 6.61 Å². The van der Waals surface area contributed by atoms with Crippen LogP contribution in [0.25, 0.3) is 0 Å². The van der Waals surface area contributed by atoms with Gasteiger partial charge < -0.3 is 4.74 Å². The summed E-state index contributed by atoms with van der Waals surface area (Å²) in [6.07, 6.45) is 17.9. The van der Waals surface area contributed by atoms with Gasteiger partial charge in [-0.25, -0.2) is 0 Å². The highest BCUT2D eigenvalue weighted by Crippen LogP contribution is 2.37. The van der Waals surface area contributed by atoms with Gasteiger partial charge in [0.1, 0.15) is 0 Å². The zero-order valence-corrected chi connectivity index (χ0v) is 15.5. The maximum absolute atomic E-state index is 5.67. The SMILES string of the molecule is CCC=CCOCc1ccc([C@H]2CC[C@H](CC=CCC)CC2)cc1. The molecule has 0 unspecified atom stereocenters. The zero-order chi connectivity index (χ0) is 17.0. The van der Waals surface area contributed by atoms with Crippen molar-refractivity contribution < 1.29 is 4.74 Å². The fraction of sp³-hybridized carbons (Fsp3) is 0.565. The summed E-state index contributed by atoms with van der Waals surface area (Å²) < 4.78 is 5.67. The minimum absolute atomic E-state index is 0.713. The molecule has 1 nitrogen and oxygen atoms in total. The molecule has 0 atom stereocenters. The van der Waals surface area contributed by atoms with Crippen LogP contribution in [0.15, 0.2) is 48.6 Å². The molecule has 0 aliphatic heterocycles. The molecule has 0 bridgehead atoms.